The molecule has 0 spiro atoms. The summed E-state index contributed by atoms with van der Waals surface area (Å²) in [5.74, 6) is -0.0159. The third-order valence-electron chi connectivity index (χ3n) is 4.27. The van der Waals surface area contributed by atoms with Gasteiger partial charge in [-0.05, 0) is 47.9 Å². The zero-order valence-electron chi connectivity index (χ0n) is 14.2. The SMILES string of the molecule is O=C(/C=C/c1ccc(N[C@@H]2CCN(Cc3ccc(F)cc3)C2)nc1)NO. The number of nitrogens with one attached hydrogen (secondary N) is 2. The minimum absolute atomic E-state index is 0.212. The minimum atomic E-state index is -0.584. The number of carbonyl (C=O) groups is 1. The lowest BCUT2D eigenvalue weighted by molar-refractivity contribution is -0.124. The van der Waals surface area contributed by atoms with Crippen molar-refractivity contribution < 1.29 is 14.4 Å². The topological polar surface area (TPSA) is 77.5 Å². The number of likely N-dealkylation sites (tertiary alicyclic amines) is 1. The highest BCUT2D eigenvalue weighted by Crippen LogP contribution is 2.17. The predicted octanol–water partition coefficient (Wildman–Crippen LogP) is 2.43. The molecule has 7 heteroatoms. The van der Waals surface area contributed by atoms with E-state index in [0.29, 0.717) is 6.04 Å². The average molecular weight is 356 g/mol. The van der Waals surface area contributed by atoms with E-state index in [9.17, 15) is 9.18 Å². The number of hydrogen-bond acceptors (Lipinski definition) is 5. The monoisotopic (exact) mass is 356 g/mol. The van der Waals surface area contributed by atoms with Crippen molar-refractivity contribution >= 4 is 17.8 Å². The number of hydroxylamine groups is 1. The second kappa shape index (κ2) is 8.55. The molecule has 0 unspecified atom stereocenters. The molecule has 1 aromatic carbocycles. The van der Waals surface area contributed by atoms with Crippen LogP contribution in [-0.2, 0) is 11.3 Å². The summed E-state index contributed by atoms with van der Waals surface area (Å²) in [5, 5.41) is 11.9. The summed E-state index contributed by atoms with van der Waals surface area (Å²) in [4.78, 5) is 17.6. The smallest absolute Gasteiger partial charge is 0.267 e. The van der Waals surface area contributed by atoms with Gasteiger partial charge in [-0.1, -0.05) is 12.1 Å². The average Bonchev–Trinajstić information content (AvgIpc) is 3.09. The molecule has 1 amide bonds. The van der Waals surface area contributed by atoms with Crippen molar-refractivity contribution in [3.8, 4) is 0 Å². The summed E-state index contributed by atoms with van der Waals surface area (Å²) in [6, 6.07) is 10.6. The van der Waals surface area contributed by atoms with Crippen LogP contribution in [0.2, 0.25) is 0 Å². The van der Waals surface area contributed by atoms with Crippen LogP contribution >= 0.6 is 0 Å². The quantitative estimate of drug-likeness (QED) is 0.421. The minimum Gasteiger partial charge on any atom is -0.366 e. The fourth-order valence-electron chi connectivity index (χ4n) is 2.95. The number of rotatable bonds is 6. The zero-order chi connectivity index (χ0) is 18.4. The molecule has 0 aliphatic carbocycles. The van der Waals surface area contributed by atoms with E-state index < -0.39 is 5.91 Å². The normalized spacial score (nSPS) is 17.5. The van der Waals surface area contributed by atoms with Crippen molar-refractivity contribution in [3.05, 3.63) is 65.6 Å². The van der Waals surface area contributed by atoms with E-state index in [4.69, 9.17) is 5.21 Å². The maximum atomic E-state index is 13.0. The molecule has 1 aliphatic rings. The van der Waals surface area contributed by atoms with Gasteiger partial charge in [0, 0.05) is 37.9 Å². The van der Waals surface area contributed by atoms with Crippen molar-refractivity contribution in [2.45, 2.75) is 19.0 Å². The fraction of sp³-hybridized carbons (Fsp3) is 0.263. The molecule has 2 aromatic rings. The molecule has 26 heavy (non-hydrogen) atoms. The van der Waals surface area contributed by atoms with Gasteiger partial charge in [0.2, 0.25) is 0 Å². The van der Waals surface area contributed by atoms with E-state index in [-0.39, 0.29) is 5.82 Å². The van der Waals surface area contributed by atoms with Crippen molar-refractivity contribution in [1.82, 2.24) is 15.4 Å². The van der Waals surface area contributed by atoms with Gasteiger partial charge in [-0.25, -0.2) is 14.9 Å². The molecule has 1 aliphatic heterocycles. The Morgan fingerprint density at radius 1 is 1.31 bits per heavy atom. The van der Waals surface area contributed by atoms with Crippen LogP contribution in [0.1, 0.15) is 17.5 Å². The van der Waals surface area contributed by atoms with E-state index in [0.717, 1.165) is 43.0 Å². The van der Waals surface area contributed by atoms with E-state index >= 15 is 0 Å². The molecule has 3 rings (SSSR count). The number of anilines is 1. The van der Waals surface area contributed by atoms with E-state index in [1.54, 1.807) is 12.3 Å². The fourth-order valence-corrected chi connectivity index (χ4v) is 2.95. The van der Waals surface area contributed by atoms with Crippen LogP contribution in [0.5, 0.6) is 0 Å². The molecule has 3 N–H and O–H groups in total. The van der Waals surface area contributed by atoms with Crippen LogP contribution in [0.4, 0.5) is 10.2 Å². The highest BCUT2D eigenvalue weighted by atomic mass is 19.1. The van der Waals surface area contributed by atoms with E-state index in [1.807, 2.05) is 24.3 Å². The summed E-state index contributed by atoms with van der Waals surface area (Å²) < 4.78 is 13.0. The van der Waals surface area contributed by atoms with Crippen LogP contribution in [0, 0.1) is 5.82 Å². The first-order valence-electron chi connectivity index (χ1n) is 8.44. The van der Waals surface area contributed by atoms with Gasteiger partial charge in [-0.2, -0.15) is 0 Å². The molecule has 1 atom stereocenters. The Hall–Kier alpha value is -2.77. The Morgan fingerprint density at radius 2 is 2.12 bits per heavy atom. The standard InChI is InChI=1S/C19H21FN4O2/c20-16-5-1-15(2-6-16)12-24-10-9-17(13-24)22-18-7-3-14(11-21-18)4-8-19(25)23-26/h1-8,11,17,26H,9-10,12-13H2,(H,21,22)(H,23,25)/b8-4+/t17-/m1/s1. The summed E-state index contributed by atoms with van der Waals surface area (Å²) >= 11 is 0. The van der Waals surface area contributed by atoms with Gasteiger partial charge in [0.15, 0.2) is 0 Å². The first-order chi connectivity index (χ1) is 12.6. The molecule has 1 aromatic heterocycles. The first-order valence-corrected chi connectivity index (χ1v) is 8.44. The largest absolute Gasteiger partial charge is 0.366 e. The van der Waals surface area contributed by atoms with Gasteiger partial charge in [-0.3, -0.25) is 14.9 Å². The Kier molecular flexibility index (Phi) is 5.93. The maximum absolute atomic E-state index is 13.0. The highest BCUT2D eigenvalue weighted by molar-refractivity contribution is 5.90. The van der Waals surface area contributed by atoms with Gasteiger partial charge in [-0.15, -0.1) is 0 Å². The molecule has 0 radical (unpaired) electrons. The summed E-state index contributed by atoms with van der Waals surface area (Å²) in [5.41, 5.74) is 3.41. The Labute approximate surface area is 151 Å². The number of halogens is 1. The second-order valence-corrected chi connectivity index (χ2v) is 6.28. The van der Waals surface area contributed by atoms with Crippen molar-refractivity contribution in [1.29, 1.82) is 0 Å². The lowest BCUT2D eigenvalue weighted by Gasteiger charge is -2.17. The van der Waals surface area contributed by atoms with Crippen LogP contribution in [0.15, 0.2) is 48.7 Å². The van der Waals surface area contributed by atoms with Crippen LogP contribution in [0.25, 0.3) is 6.08 Å². The van der Waals surface area contributed by atoms with Gasteiger partial charge in [0.05, 0.1) is 0 Å². The third kappa shape index (κ3) is 5.11. The van der Waals surface area contributed by atoms with Gasteiger partial charge in [0.1, 0.15) is 11.6 Å². The summed E-state index contributed by atoms with van der Waals surface area (Å²) in [7, 11) is 0. The van der Waals surface area contributed by atoms with E-state index in [2.05, 4.69) is 15.2 Å². The number of nitrogens with zero attached hydrogens (tertiary/aromatic N) is 2. The molecular formula is C19H21FN4O2. The van der Waals surface area contributed by atoms with Crippen molar-refractivity contribution in [2.75, 3.05) is 18.4 Å². The number of pyridine rings is 1. The highest BCUT2D eigenvalue weighted by Gasteiger charge is 2.22. The van der Waals surface area contributed by atoms with Crippen molar-refractivity contribution in [3.63, 3.8) is 0 Å². The molecule has 1 saturated heterocycles. The number of aromatic nitrogens is 1. The van der Waals surface area contributed by atoms with Crippen LogP contribution in [0.3, 0.4) is 0 Å². The van der Waals surface area contributed by atoms with Gasteiger partial charge < -0.3 is 5.32 Å². The molecule has 0 saturated carbocycles. The van der Waals surface area contributed by atoms with Crippen LogP contribution < -0.4 is 10.8 Å². The second-order valence-electron chi connectivity index (χ2n) is 6.28. The number of carbonyl (C=O) groups excluding carboxylic acids is 1. The third-order valence-corrected chi connectivity index (χ3v) is 4.27. The lowest BCUT2D eigenvalue weighted by atomic mass is 10.2. The number of benzene rings is 1. The number of amides is 1. The molecule has 136 valence electrons. The predicted molar refractivity (Wildman–Crippen MR) is 96.9 cm³/mol. The summed E-state index contributed by atoms with van der Waals surface area (Å²) in [6.45, 7) is 2.69. The maximum Gasteiger partial charge on any atom is 0.267 e. The van der Waals surface area contributed by atoms with Crippen molar-refractivity contribution in [2.24, 2.45) is 0 Å². The lowest BCUT2D eigenvalue weighted by Crippen LogP contribution is -2.26. The Morgan fingerprint density at radius 3 is 2.81 bits per heavy atom. The zero-order valence-corrected chi connectivity index (χ0v) is 14.2. The molecular weight excluding hydrogens is 335 g/mol. The Balaban J connectivity index is 1.49. The molecule has 2 heterocycles. The summed E-state index contributed by atoms with van der Waals surface area (Å²) in [6.07, 6.45) is 5.48. The first kappa shape index (κ1) is 18.0. The van der Waals surface area contributed by atoms with Crippen LogP contribution in [-0.4, -0.2) is 40.1 Å². The molecule has 6 nitrogen and oxygen atoms in total. The van der Waals surface area contributed by atoms with Gasteiger partial charge >= 0.3 is 0 Å². The molecule has 0 bridgehead atoms. The van der Waals surface area contributed by atoms with E-state index in [1.165, 1.54) is 23.7 Å². The molecule has 1 fully saturated rings. The Bertz CT molecular complexity index is 762. The number of hydrogen-bond donors (Lipinski definition) is 3. The van der Waals surface area contributed by atoms with Gasteiger partial charge in [0.25, 0.3) is 5.91 Å².